The van der Waals surface area contributed by atoms with Crippen molar-refractivity contribution in [3.63, 3.8) is 0 Å². The third-order valence-corrected chi connectivity index (χ3v) is 3.92. The number of methoxy groups -OCH3 is 1. The van der Waals surface area contributed by atoms with Crippen LogP contribution in [0.5, 0.6) is 0 Å². The summed E-state index contributed by atoms with van der Waals surface area (Å²) in [5.74, 6) is -0.151. The average molecular weight is 327 g/mol. The highest BCUT2D eigenvalue weighted by Crippen LogP contribution is 2.27. The summed E-state index contributed by atoms with van der Waals surface area (Å²) in [7, 11) is 1.61. The smallest absolute Gasteiger partial charge is 0.269 e. The van der Waals surface area contributed by atoms with Crippen LogP contribution in [0.3, 0.4) is 0 Å². The SMILES string of the molecule is COCCNc1nc(N)c(C(=O)Nc2ccccc2Cl)s1. The second-order valence-electron chi connectivity index (χ2n) is 4.09. The second-order valence-corrected chi connectivity index (χ2v) is 5.49. The first-order valence-corrected chi connectivity index (χ1v) is 7.36. The molecule has 1 amide bonds. The number of nitrogen functional groups attached to an aromatic ring is 1. The molecule has 1 heterocycles. The summed E-state index contributed by atoms with van der Waals surface area (Å²) >= 11 is 7.19. The summed E-state index contributed by atoms with van der Waals surface area (Å²) in [6.45, 7) is 1.13. The molecule has 0 spiro atoms. The molecular formula is C13H15ClN4O2S. The van der Waals surface area contributed by atoms with Crippen molar-refractivity contribution >= 4 is 45.5 Å². The topological polar surface area (TPSA) is 89.3 Å². The van der Waals surface area contributed by atoms with Crippen molar-refractivity contribution < 1.29 is 9.53 Å². The van der Waals surface area contributed by atoms with Gasteiger partial charge in [0.05, 0.1) is 17.3 Å². The zero-order valence-corrected chi connectivity index (χ0v) is 12.9. The van der Waals surface area contributed by atoms with Gasteiger partial charge in [-0.2, -0.15) is 0 Å². The number of nitrogens with two attached hydrogens (primary N) is 1. The summed E-state index contributed by atoms with van der Waals surface area (Å²) in [5, 5.41) is 6.79. The Morgan fingerprint density at radius 1 is 1.48 bits per heavy atom. The molecule has 0 aliphatic carbocycles. The third-order valence-electron chi connectivity index (χ3n) is 2.56. The van der Waals surface area contributed by atoms with E-state index in [9.17, 15) is 4.79 Å². The molecule has 2 aromatic rings. The van der Waals surface area contributed by atoms with Crippen LogP contribution in [0.15, 0.2) is 24.3 Å². The van der Waals surface area contributed by atoms with E-state index in [2.05, 4.69) is 15.6 Å². The summed E-state index contributed by atoms with van der Waals surface area (Å²) in [5.41, 5.74) is 6.31. The molecule has 0 atom stereocenters. The van der Waals surface area contributed by atoms with Crippen molar-refractivity contribution in [2.24, 2.45) is 0 Å². The summed E-state index contributed by atoms with van der Waals surface area (Å²) in [6, 6.07) is 6.99. The van der Waals surface area contributed by atoms with Crippen LogP contribution >= 0.6 is 22.9 Å². The Morgan fingerprint density at radius 2 is 2.24 bits per heavy atom. The first-order chi connectivity index (χ1) is 10.1. The van der Waals surface area contributed by atoms with E-state index in [-0.39, 0.29) is 11.7 Å². The van der Waals surface area contributed by atoms with Crippen molar-refractivity contribution in [3.05, 3.63) is 34.2 Å². The second kappa shape index (κ2) is 7.26. The lowest BCUT2D eigenvalue weighted by Crippen LogP contribution is -2.12. The van der Waals surface area contributed by atoms with Gasteiger partial charge >= 0.3 is 0 Å². The zero-order chi connectivity index (χ0) is 15.2. The van der Waals surface area contributed by atoms with Crippen LogP contribution in [0.4, 0.5) is 16.6 Å². The molecule has 0 unspecified atom stereocenters. The molecule has 0 bridgehead atoms. The van der Waals surface area contributed by atoms with Gasteiger partial charge in [0.25, 0.3) is 5.91 Å². The van der Waals surface area contributed by atoms with Gasteiger partial charge in [0.15, 0.2) is 5.13 Å². The monoisotopic (exact) mass is 326 g/mol. The highest BCUT2D eigenvalue weighted by atomic mass is 35.5. The van der Waals surface area contributed by atoms with Crippen LogP contribution in [-0.4, -0.2) is 31.2 Å². The molecule has 0 aliphatic heterocycles. The van der Waals surface area contributed by atoms with Crippen molar-refractivity contribution in [1.82, 2.24) is 4.98 Å². The lowest BCUT2D eigenvalue weighted by Gasteiger charge is -2.05. The van der Waals surface area contributed by atoms with Gasteiger partial charge in [-0.25, -0.2) is 4.98 Å². The van der Waals surface area contributed by atoms with Gasteiger partial charge in [0.2, 0.25) is 0 Å². The van der Waals surface area contributed by atoms with Crippen LogP contribution < -0.4 is 16.4 Å². The number of halogens is 1. The van der Waals surface area contributed by atoms with Gasteiger partial charge in [-0.1, -0.05) is 35.1 Å². The minimum atomic E-state index is -0.335. The maximum atomic E-state index is 12.2. The zero-order valence-electron chi connectivity index (χ0n) is 11.4. The number of carbonyl (C=O) groups is 1. The van der Waals surface area contributed by atoms with E-state index in [1.807, 2.05) is 0 Å². The molecule has 8 heteroatoms. The number of hydrogen-bond acceptors (Lipinski definition) is 6. The number of benzene rings is 1. The van der Waals surface area contributed by atoms with Crippen molar-refractivity contribution in [2.75, 3.05) is 36.6 Å². The van der Waals surface area contributed by atoms with Crippen LogP contribution in [0.2, 0.25) is 5.02 Å². The lowest BCUT2D eigenvalue weighted by atomic mass is 10.3. The van der Waals surface area contributed by atoms with E-state index in [1.165, 1.54) is 11.3 Å². The highest BCUT2D eigenvalue weighted by molar-refractivity contribution is 7.18. The number of ether oxygens (including phenoxy) is 1. The van der Waals surface area contributed by atoms with Crippen LogP contribution in [-0.2, 0) is 4.74 Å². The van der Waals surface area contributed by atoms with E-state index in [0.717, 1.165) is 0 Å². The van der Waals surface area contributed by atoms with Crippen LogP contribution in [0.1, 0.15) is 9.67 Å². The Balaban J connectivity index is 2.07. The Morgan fingerprint density at radius 3 is 2.95 bits per heavy atom. The average Bonchev–Trinajstić information content (AvgIpc) is 2.83. The predicted octanol–water partition coefficient (Wildman–Crippen LogP) is 2.69. The number of nitrogens with zero attached hydrogens (tertiary/aromatic N) is 1. The van der Waals surface area contributed by atoms with Gasteiger partial charge in [-0.3, -0.25) is 4.79 Å². The highest BCUT2D eigenvalue weighted by Gasteiger charge is 2.17. The fraction of sp³-hybridized carbons (Fsp3) is 0.231. The fourth-order valence-corrected chi connectivity index (χ4v) is 2.56. The molecule has 0 radical (unpaired) electrons. The van der Waals surface area contributed by atoms with E-state index in [0.29, 0.717) is 33.9 Å². The molecule has 1 aromatic heterocycles. The first kappa shape index (κ1) is 15.6. The number of rotatable bonds is 6. The summed E-state index contributed by atoms with van der Waals surface area (Å²) in [4.78, 5) is 16.6. The molecule has 21 heavy (non-hydrogen) atoms. The molecule has 6 nitrogen and oxygen atoms in total. The van der Waals surface area contributed by atoms with Gasteiger partial charge in [-0.15, -0.1) is 0 Å². The molecule has 2 rings (SSSR count). The van der Waals surface area contributed by atoms with Gasteiger partial charge in [0.1, 0.15) is 10.7 Å². The fourth-order valence-electron chi connectivity index (χ4n) is 1.57. The van der Waals surface area contributed by atoms with Crippen LogP contribution in [0, 0.1) is 0 Å². The number of para-hydroxylation sites is 1. The van der Waals surface area contributed by atoms with E-state index < -0.39 is 0 Å². The third kappa shape index (κ3) is 4.07. The molecule has 4 N–H and O–H groups in total. The quantitative estimate of drug-likeness (QED) is 0.710. The number of amides is 1. The van der Waals surface area contributed by atoms with Crippen molar-refractivity contribution in [2.45, 2.75) is 0 Å². The number of thiazole rings is 1. The normalized spacial score (nSPS) is 10.4. The van der Waals surface area contributed by atoms with E-state index >= 15 is 0 Å². The largest absolute Gasteiger partial charge is 0.383 e. The number of carbonyl (C=O) groups excluding carboxylic acids is 1. The van der Waals surface area contributed by atoms with Crippen molar-refractivity contribution in [3.8, 4) is 0 Å². The molecule has 0 fully saturated rings. The molecule has 1 aromatic carbocycles. The summed E-state index contributed by atoms with van der Waals surface area (Å²) in [6.07, 6.45) is 0. The lowest BCUT2D eigenvalue weighted by molar-refractivity contribution is 0.103. The molecule has 112 valence electrons. The Labute approximate surface area is 131 Å². The minimum absolute atomic E-state index is 0.185. The first-order valence-electron chi connectivity index (χ1n) is 6.17. The standard InChI is InChI=1S/C13H15ClN4O2S/c1-20-7-6-16-13-18-11(15)10(21-13)12(19)17-9-5-3-2-4-8(9)14/h2-5H,6-7,15H2,1H3,(H,16,18)(H,17,19). The Bertz CT molecular complexity index is 632. The van der Waals surface area contributed by atoms with Gasteiger partial charge in [0, 0.05) is 13.7 Å². The van der Waals surface area contributed by atoms with Crippen molar-refractivity contribution in [1.29, 1.82) is 0 Å². The van der Waals surface area contributed by atoms with E-state index in [1.54, 1.807) is 31.4 Å². The van der Waals surface area contributed by atoms with Gasteiger partial charge < -0.3 is 21.1 Å². The number of anilines is 3. The van der Waals surface area contributed by atoms with E-state index in [4.69, 9.17) is 22.1 Å². The minimum Gasteiger partial charge on any atom is -0.383 e. The van der Waals surface area contributed by atoms with Crippen LogP contribution in [0.25, 0.3) is 0 Å². The number of aromatic nitrogens is 1. The van der Waals surface area contributed by atoms with Gasteiger partial charge in [-0.05, 0) is 12.1 Å². The maximum absolute atomic E-state index is 12.2. The molecular weight excluding hydrogens is 312 g/mol. The number of hydrogen-bond donors (Lipinski definition) is 3. The Hall–Kier alpha value is -1.83. The molecule has 0 saturated carbocycles. The Kier molecular flexibility index (Phi) is 5.38. The summed E-state index contributed by atoms with van der Waals surface area (Å²) < 4.78 is 4.93. The number of nitrogens with one attached hydrogen (secondary N) is 2. The maximum Gasteiger partial charge on any atom is 0.269 e. The molecule has 0 saturated heterocycles. The molecule has 0 aliphatic rings. The predicted molar refractivity (Wildman–Crippen MR) is 86.3 cm³/mol.